The molecule has 1 aromatic carbocycles. The van der Waals surface area contributed by atoms with Crippen LogP contribution in [0.5, 0.6) is 11.6 Å². The first-order chi connectivity index (χ1) is 13.5. The van der Waals surface area contributed by atoms with E-state index in [0.29, 0.717) is 41.9 Å². The predicted octanol–water partition coefficient (Wildman–Crippen LogP) is 3.01. The van der Waals surface area contributed by atoms with E-state index in [1.807, 2.05) is 11.8 Å². The van der Waals surface area contributed by atoms with E-state index in [-0.39, 0.29) is 11.8 Å². The van der Waals surface area contributed by atoms with Crippen LogP contribution < -0.4 is 10.5 Å². The number of carbonyl (C=O) groups excluding carboxylic acids is 2. The number of hydrogen-bond donors (Lipinski definition) is 1. The van der Waals surface area contributed by atoms with Crippen LogP contribution in [0.3, 0.4) is 0 Å². The number of rotatable bonds is 6. The molecule has 2 amide bonds. The molecule has 0 spiro atoms. The Morgan fingerprint density at radius 2 is 2.04 bits per heavy atom. The lowest BCUT2D eigenvalue weighted by Crippen LogP contribution is -2.39. The Morgan fingerprint density at radius 1 is 1.29 bits per heavy atom. The number of alkyl halides is 1. The summed E-state index contributed by atoms with van der Waals surface area (Å²) in [7, 11) is 0. The zero-order valence-electron chi connectivity index (χ0n) is 15.7. The van der Waals surface area contributed by atoms with Crippen molar-refractivity contribution in [3.63, 3.8) is 0 Å². The maximum Gasteiger partial charge on any atom is 0.248 e. The molecule has 0 saturated carbocycles. The smallest absolute Gasteiger partial charge is 0.248 e. The maximum atomic E-state index is 12.2. The Bertz CT molecular complexity index is 857. The van der Waals surface area contributed by atoms with Gasteiger partial charge in [-0.1, -0.05) is 0 Å². The number of hydrogen-bond acceptors (Lipinski definition) is 5. The number of aromatic nitrogens is 2. The quantitative estimate of drug-likeness (QED) is 0.749. The predicted molar refractivity (Wildman–Crippen MR) is 106 cm³/mol. The summed E-state index contributed by atoms with van der Waals surface area (Å²) in [6.45, 7) is 3.22. The van der Waals surface area contributed by atoms with Crippen LogP contribution in [0, 0.1) is 6.92 Å². The van der Waals surface area contributed by atoms with E-state index >= 15 is 0 Å². The van der Waals surface area contributed by atoms with Gasteiger partial charge in [0.25, 0.3) is 0 Å². The fourth-order valence-corrected chi connectivity index (χ4v) is 3.42. The number of piperidine rings is 1. The molecule has 8 heteroatoms. The fourth-order valence-electron chi connectivity index (χ4n) is 3.26. The second kappa shape index (κ2) is 9.01. The molecule has 2 N–H and O–H groups in total. The minimum absolute atomic E-state index is 0.0625. The molecule has 1 atom stereocenters. The van der Waals surface area contributed by atoms with E-state index in [1.165, 1.54) is 0 Å². The molecule has 1 unspecified atom stereocenters. The van der Waals surface area contributed by atoms with Crippen LogP contribution in [0.25, 0.3) is 0 Å². The van der Waals surface area contributed by atoms with Gasteiger partial charge in [-0.2, -0.15) is 4.98 Å². The lowest BCUT2D eigenvalue weighted by atomic mass is 9.97. The molecular weight excluding hydrogens is 380 g/mol. The molecule has 2 heterocycles. The largest absolute Gasteiger partial charge is 0.439 e. The first-order valence-corrected chi connectivity index (χ1v) is 9.76. The van der Waals surface area contributed by atoms with Crippen molar-refractivity contribution in [1.82, 2.24) is 14.9 Å². The van der Waals surface area contributed by atoms with Crippen molar-refractivity contribution in [3.8, 4) is 11.6 Å². The first-order valence-electron chi connectivity index (χ1n) is 9.23. The number of ether oxygens (including phenoxy) is 1. The Morgan fingerprint density at radius 3 is 2.71 bits per heavy atom. The maximum absolute atomic E-state index is 12.2. The van der Waals surface area contributed by atoms with Gasteiger partial charge >= 0.3 is 0 Å². The van der Waals surface area contributed by atoms with Gasteiger partial charge in [0.1, 0.15) is 11.6 Å². The lowest BCUT2D eigenvalue weighted by molar-refractivity contribution is -0.132. The van der Waals surface area contributed by atoms with Gasteiger partial charge in [-0.05, 0) is 44.0 Å². The number of nitrogens with two attached hydrogens (primary N) is 1. The second-order valence-electron chi connectivity index (χ2n) is 6.81. The van der Waals surface area contributed by atoms with E-state index in [0.717, 1.165) is 25.1 Å². The minimum Gasteiger partial charge on any atom is -0.439 e. The van der Waals surface area contributed by atoms with Crippen LogP contribution in [0.4, 0.5) is 0 Å². The van der Waals surface area contributed by atoms with Crippen LogP contribution in [0.2, 0.25) is 0 Å². The summed E-state index contributed by atoms with van der Waals surface area (Å²) < 4.78 is 5.84. The SMILES string of the molecule is Cc1cc(Oc2ccc(C(N)=O)cc2)nc(C2CCCN(C(=O)CCCl)C2)n1. The molecule has 28 heavy (non-hydrogen) atoms. The third-order valence-corrected chi connectivity index (χ3v) is 4.85. The standard InChI is InChI=1S/C20H23ClN4O3/c1-13-11-17(28-16-6-4-14(5-7-16)19(22)27)24-20(23-13)15-3-2-10-25(12-15)18(26)8-9-21/h4-7,11,15H,2-3,8-10,12H2,1H3,(H2,22,27). The summed E-state index contributed by atoms with van der Waals surface area (Å²) >= 11 is 5.70. The first kappa shape index (κ1) is 20.1. The molecule has 148 valence electrons. The highest BCUT2D eigenvalue weighted by Crippen LogP contribution is 2.28. The molecule has 1 fully saturated rings. The highest BCUT2D eigenvalue weighted by atomic mass is 35.5. The Labute approximate surface area is 168 Å². The molecule has 0 aliphatic carbocycles. The Hall–Kier alpha value is -2.67. The number of primary amides is 1. The number of aryl methyl sites for hydroxylation is 1. The summed E-state index contributed by atoms with van der Waals surface area (Å²) in [6, 6.07) is 8.31. The molecule has 2 aromatic rings. The summed E-state index contributed by atoms with van der Waals surface area (Å²) in [5, 5.41) is 0. The van der Waals surface area contributed by atoms with Crippen LogP contribution in [-0.2, 0) is 4.79 Å². The van der Waals surface area contributed by atoms with Crippen LogP contribution in [-0.4, -0.2) is 45.7 Å². The van der Waals surface area contributed by atoms with Crippen molar-refractivity contribution < 1.29 is 14.3 Å². The lowest BCUT2D eigenvalue weighted by Gasteiger charge is -2.32. The Balaban J connectivity index is 1.75. The van der Waals surface area contributed by atoms with Gasteiger partial charge < -0.3 is 15.4 Å². The number of carbonyl (C=O) groups is 2. The van der Waals surface area contributed by atoms with Crippen LogP contribution in [0.1, 0.15) is 47.1 Å². The average Bonchev–Trinajstić information content (AvgIpc) is 2.68. The second-order valence-corrected chi connectivity index (χ2v) is 7.19. The van der Waals surface area contributed by atoms with Gasteiger partial charge in [0.15, 0.2) is 0 Å². The van der Waals surface area contributed by atoms with Gasteiger partial charge in [0.2, 0.25) is 17.7 Å². The normalized spacial score (nSPS) is 16.6. The van der Waals surface area contributed by atoms with E-state index in [1.54, 1.807) is 30.3 Å². The molecule has 1 aromatic heterocycles. The number of amides is 2. The third kappa shape index (κ3) is 4.98. The van der Waals surface area contributed by atoms with Crippen molar-refractivity contribution in [3.05, 3.63) is 47.4 Å². The zero-order chi connectivity index (χ0) is 20.1. The highest BCUT2D eigenvalue weighted by molar-refractivity contribution is 6.18. The van der Waals surface area contributed by atoms with Crippen molar-refractivity contribution in [2.75, 3.05) is 19.0 Å². The van der Waals surface area contributed by atoms with Gasteiger partial charge in [-0.15, -0.1) is 11.6 Å². The molecule has 1 saturated heterocycles. The summed E-state index contributed by atoms with van der Waals surface area (Å²) in [6.07, 6.45) is 2.17. The summed E-state index contributed by atoms with van der Waals surface area (Å²) in [5.41, 5.74) is 6.46. The summed E-state index contributed by atoms with van der Waals surface area (Å²) in [4.78, 5) is 34.3. The van der Waals surface area contributed by atoms with Gasteiger partial charge in [0.05, 0.1) is 0 Å². The number of nitrogens with zero attached hydrogens (tertiary/aromatic N) is 3. The third-order valence-electron chi connectivity index (χ3n) is 4.66. The van der Waals surface area contributed by atoms with E-state index in [4.69, 9.17) is 22.1 Å². The number of likely N-dealkylation sites (tertiary alicyclic amines) is 1. The zero-order valence-corrected chi connectivity index (χ0v) is 16.5. The molecule has 0 radical (unpaired) electrons. The molecule has 0 bridgehead atoms. The topological polar surface area (TPSA) is 98.4 Å². The molecule has 1 aliphatic rings. The van der Waals surface area contributed by atoms with Crippen molar-refractivity contribution in [2.24, 2.45) is 5.73 Å². The minimum atomic E-state index is -0.489. The molecule has 7 nitrogen and oxygen atoms in total. The van der Waals surface area contributed by atoms with Crippen molar-refractivity contribution >= 4 is 23.4 Å². The summed E-state index contributed by atoms with van der Waals surface area (Å²) in [5.74, 6) is 1.62. The fraction of sp³-hybridized carbons (Fsp3) is 0.400. The molecular formula is C20H23ClN4O3. The van der Waals surface area contributed by atoms with Gasteiger partial charge in [-0.25, -0.2) is 4.98 Å². The Kier molecular flexibility index (Phi) is 6.46. The van der Waals surface area contributed by atoms with E-state index in [2.05, 4.69) is 9.97 Å². The monoisotopic (exact) mass is 402 g/mol. The van der Waals surface area contributed by atoms with Crippen LogP contribution in [0.15, 0.2) is 30.3 Å². The number of benzene rings is 1. The molecule has 3 rings (SSSR count). The highest BCUT2D eigenvalue weighted by Gasteiger charge is 2.26. The van der Waals surface area contributed by atoms with Gasteiger partial charge in [0, 0.05) is 48.6 Å². The van der Waals surface area contributed by atoms with E-state index < -0.39 is 5.91 Å². The molecule has 1 aliphatic heterocycles. The number of halogens is 1. The van der Waals surface area contributed by atoms with E-state index in [9.17, 15) is 9.59 Å². The van der Waals surface area contributed by atoms with Gasteiger partial charge in [-0.3, -0.25) is 9.59 Å². The van der Waals surface area contributed by atoms with Crippen molar-refractivity contribution in [2.45, 2.75) is 32.1 Å². The van der Waals surface area contributed by atoms with Crippen molar-refractivity contribution in [1.29, 1.82) is 0 Å². The van der Waals surface area contributed by atoms with Crippen LogP contribution >= 0.6 is 11.6 Å². The average molecular weight is 403 g/mol.